The second-order valence-corrected chi connectivity index (χ2v) is 9.04. The van der Waals surface area contributed by atoms with E-state index in [1.807, 2.05) is 4.57 Å². The Bertz CT molecular complexity index is 1270. The molecule has 1 aromatic carbocycles. The summed E-state index contributed by atoms with van der Waals surface area (Å²) in [6.45, 7) is 1.27. The zero-order valence-corrected chi connectivity index (χ0v) is 18.1. The van der Waals surface area contributed by atoms with E-state index >= 15 is 0 Å². The third-order valence-electron chi connectivity index (χ3n) is 5.98. The summed E-state index contributed by atoms with van der Waals surface area (Å²) in [7, 11) is 1.38. The van der Waals surface area contributed by atoms with Crippen molar-refractivity contribution in [2.75, 3.05) is 20.2 Å². The molecule has 0 saturated carbocycles. The molecule has 0 aliphatic carbocycles. The second-order valence-electron chi connectivity index (χ2n) is 7.98. The summed E-state index contributed by atoms with van der Waals surface area (Å²) < 4.78 is 34.4. The largest absolute Gasteiger partial charge is 0.491 e. The van der Waals surface area contributed by atoms with Crippen molar-refractivity contribution in [3.8, 4) is 16.3 Å². The SMILES string of the molecule is COc1c2n(cc(-c3nnc(Cc4ccc(F)cc4F)s3)c1=O)[C@H]1CCCCN(C1)C2=O. The Hall–Kier alpha value is -3.14. The number of amides is 1. The van der Waals surface area contributed by atoms with Crippen LogP contribution in [0.15, 0.2) is 29.2 Å². The van der Waals surface area contributed by atoms with E-state index in [0.29, 0.717) is 28.7 Å². The normalized spacial score (nSPS) is 17.8. The number of carbonyl (C=O) groups is 1. The van der Waals surface area contributed by atoms with Crippen LogP contribution in [-0.2, 0) is 6.42 Å². The van der Waals surface area contributed by atoms with E-state index in [9.17, 15) is 18.4 Å². The Balaban J connectivity index is 1.56. The fraction of sp³-hybridized carbons (Fsp3) is 0.364. The third-order valence-corrected chi connectivity index (χ3v) is 6.94. The second kappa shape index (κ2) is 8.09. The first-order valence-electron chi connectivity index (χ1n) is 10.4. The standard InChI is InChI=1S/C22H20F2N4O3S/c1-31-20-18-22(30)27-7-3-2-4-14(10-27)28(18)11-15(19(20)29)21-26-25-17(32-21)8-12-5-6-13(23)9-16(12)24/h5-6,9,11,14H,2-4,7-8,10H2,1H3/t14-/m0/s1. The van der Waals surface area contributed by atoms with Crippen LogP contribution >= 0.6 is 11.3 Å². The molecule has 4 heterocycles. The Kier molecular flexibility index (Phi) is 5.24. The van der Waals surface area contributed by atoms with E-state index in [1.54, 1.807) is 11.1 Å². The highest BCUT2D eigenvalue weighted by molar-refractivity contribution is 7.14. The maximum Gasteiger partial charge on any atom is 0.274 e. The van der Waals surface area contributed by atoms with Crippen LogP contribution in [0.4, 0.5) is 8.78 Å². The maximum atomic E-state index is 14.0. The molecule has 0 N–H and O–H groups in total. The number of nitrogens with zero attached hydrogens (tertiary/aromatic N) is 4. The van der Waals surface area contributed by atoms with Crippen molar-refractivity contribution in [3.05, 3.63) is 62.5 Å². The quantitative estimate of drug-likeness (QED) is 0.599. The van der Waals surface area contributed by atoms with Crippen LogP contribution in [0.1, 0.15) is 46.4 Å². The number of hydrogen-bond donors (Lipinski definition) is 0. The number of pyridine rings is 1. The molecule has 32 heavy (non-hydrogen) atoms. The summed E-state index contributed by atoms with van der Waals surface area (Å²) >= 11 is 1.16. The number of rotatable bonds is 4. The first-order valence-corrected chi connectivity index (χ1v) is 11.2. The van der Waals surface area contributed by atoms with Gasteiger partial charge in [0.1, 0.15) is 16.6 Å². The number of benzene rings is 1. The van der Waals surface area contributed by atoms with Crippen molar-refractivity contribution in [3.63, 3.8) is 0 Å². The van der Waals surface area contributed by atoms with Gasteiger partial charge in [-0.1, -0.05) is 17.4 Å². The minimum Gasteiger partial charge on any atom is -0.491 e. The highest BCUT2D eigenvalue weighted by atomic mass is 32.1. The monoisotopic (exact) mass is 458 g/mol. The van der Waals surface area contributed by atoms with Crippen LogP contribution in [0.5, 0.6) is 5.75 Å². The Labute approximate surface area is 186 Å². The van der Waals surface area contributed by atoms with E-state index in [-0.39, 0.29) is 35.4 Å². The van der Waals surface area contributed by atoms with Gasteiger partial charge >= 0.3 is 0 Å². The molecule has 0 radical (unpaired) electrons. The van der Waals surface area contributed by atoms with Gasteiger partial charge in [0, 0.05) is 31.8 Å². The average molecular weight is 458 g/mol. The van der Waals surface area contributed by atoms with Crippen molar-refractivity contribution < 1.29 is 18.3 Å². The summed E-state index contributed by atoms with van der Waals surface area (Å²) in [5.74, 6) is -1.50. The molecule has 10 heteroatoms. The van der Waals surface area contributed by atoms with Gasteiger partial charge < -0.3 is 14.2 Å². The van der Waals surface area contributed by atoms with Crippen molar-refractivity contribution in [1.29, 1.82) is 0 Å². The lowest BCUT2D eigenvalue weighted by molar-refractivity contribution is 0.0678. The van der Waals surface area contributed by atoms with Gasteiger partial charge in [0.25, 0.3) is 5.91 Å². The lowest BCUT2D eigenvalue weighted by Gasteiger charge is -2.34. The lowest BCUT2D eigenvalue weighted by Crippen LogP contribution is -2.43. The van der Waals surface area contributed by atoms with Crippen LogP contribution < -0.4 is 10.2 Å². The number of aromatic nitrogens is 3. The van der Waals surface area contributed by atoms with E-state index < -0.39 is 17.1 Å². The van der Waals surface area contributed by atoms with E-state index in [0.717, 1.165) is 36.7 Å². The zero-order chi connectivity index (χ0) is 22.4. The summed E-state index contributed by atoms with van der Waals surface area (Å²) in [4.78, 5) is 28.0. The molecule has 1 atom stereocenters. The van der Waals surface area contributed by atoms with Gasteiger partial charge in [-0.05, 0) is 30.9 Å². The number of ether oxygens (including phenoxy) is 1. The summed E-state index contributed by atoms with van der Waals surface area (Å²) in [6, 6.07) is 3.43. The first kappa shape index (κ1) is 20.7. The summed E-state index contributed by atoms with van der Waals surface area (Å²) in [5, 5.41) is 9.09. The van der Waals surface area contributed by atoms with E-state index in [2.05, 4.69) is 10.2 Å². The van der Waals surface area contributed by atoms with E-state index in [1.165, 1.54) is 19.2 Å². The van der Waals surface area contributed by atoms with Gasteiger partial charge in [-0.2, -0.15) is 0 Å². The van der Waals surface area contributed by atoms with Gasteiger partial charge in [0.2, 0.25) is 5.43 Å². The van der Waals surface area contributed by atoms with Gasteiger partial charge in [0.05, 0.1) is 18.7 Å². The van der Waals surface area contributed by atoms with Gasteiger partial charge in [-0.3, -0.25) is 9.59 Å². The van der Waals surface area contributed by atoms with Crippen LogP contribution in [-0.4, -0.2) is 45.8 Å². The number of methoxy groups -OCH3 is 1. The molecular formula is C22H20F2N4O3S. The zero-order valence-electron chi connectivity index (χ0n) is 17.3. The fourth-order valence-electron chi connectivity index (χ4n) is 4.39. The average Bonchev–Trinajstić information content (AvgIpc) is 3.11. The molecule has 0 unspecified atom stereocenters. The molecule has 2 aliphatic rings. The number of fused-ring (bicyclic) bond motifs is 4. The number of hydrogen-bond acceptors (Lipinski definition) is 6. The molecule has 2 aliphatic heterocycles. The molecule has 7 nitrogen and oxygen atoms in total. The Morgan fingerprint density at radius 3 is 2.84 bits per heavy atom. The number of halogens is 2. The minimum absolute atomic E-state index is 0.00503. The molecule has 166 valence electrons. The topological polar surface area (TPSA) is 77.3 Å². The van der Waals surface area contributed by atoms with Crippen molar-refractivity contribution in [2.45, 2.75) is 31.7 Å². The van der Waals surface area contributed by atoms with Gasteiger partial charge in [0.15, 0.2) is 16.5 Å². The van der Waals surface area contributed by atoms with Crippen LogP contribution in [0, 0.1) is 11.6 Å². The number of carbonyl (C=O) groups excluding carboxylic acids is 1. The fourth-order valence-corrected chi connectivity index (χ4v) is 5.26. The molecule has 1 fully saturated rings. The predicted octanol–water partition coefficient (Wildman–Crippen LogP) is 3.43. The minimum atomic E-state index is -0.659. The Morgan fingerprint density at radius 2 is 2.06 bits per heavy atom. The molecule has 2 bridgehead atoms. The molecule has 2 aromatic heterocycles. The Morgan fingerprint density at radius 1 is 1.22 bits per heavy atom. The van der Waals surface area contributed by atoms with Gasteiger partial charge in [-0.15, -0.1) is 10.2 Å². The van der Waals surface area contributed by atoms with Crippen LogP contribution in [0.2, 0.25) is 0 Å². The summed E-state index contributed by atoms with van der Waals surface area (Å²) in [5.41, 5.74) is 0.428. The highest BCUT2D eigenvalue weighted by Gasteiger charge is 2.36. The molecule has 3 aromatic rings. The molecule has 0 spiro atoms. The van der Waals surface area contributed by atoms with Crippen molar-refractivity contribution in [2.24, 2.45) is 0 Å². The molecular weight excluding hydrogens is 438 g/mol. The maximum absolute atomic E-state index is 14.0. The smallest absolute Gasteiger partial charge is 0.274 e. The summed E-state index contributed by atoms with van der Waals surface area (Å²) in [6.07, 6.45) is 4.62. The van der Waals surface area contributed by atoms with Crippen LogP contribution in [0.25, 0.3) is 10.6 Å². The molecule has 5 rings (SSSR count). The molecule has 1 saturated heterocycles. The lowest BCUT2D eigenvalue weighted by atomic mass is 10.1. The van der Waals surface area contributed by atoms with Crippen LogP contribution in [0.3, 0.4) is 0 Å². The van der Waals surface area contributed by atoms with Crippen molar-refractivity contribution in [1.82, 2.24) is 19.7 Å². The predicted molar refractivity (Wildman–Crippen MR) is 114 cm³/mol. The van der Waals surface area contributed by atoms with Gasteiger partial charge in [-0.25, -0.2) is 8.78 Å². The first-order chi connectivity index (χ1) is 15.5. The molecule has 1 amide bonds. The third kappa shape index (κ3) is 3.48. The van der Waals surface area contributed by atoms with E-state index in [4.69, 9.17) is 4.74 Å². The highest BCUT2D eigenvalue weighted by Crippen LogP contribution is 2.34. The van der Waals surface area contributed by atoms with Crippen molar-refractivity contribution >= 4 is 17.2 Å².